The SMILES string of the molecule is O=C(OCc1ccccc1)N1CCc2n[c]sc2C1. The van der Waals surface area contributed by atoms with Gasteiger partial charge >= 0.3 is 6.09 Å². The Morgan fingerprint density at radius 2 is 2.26 bits per heavy atom. The van der Waals surface area contributed by atoms with Gasteiger partial charge in [0.05, 0.1) is 12.2 Å². The first-order chi connectivity index (χ1) is 9.33. The Kier molecular flexibility index (Phi) is 3.46. The monoisotopic (exact) mass is 273 g/mol. The molecule has 0 unspecified atom stereocenters. The van der Waals surface area contributed by atoms with Crippen LogP contribution in [0.5, 0.6) is 0 Å². The van der Waals surface area contributed by atoms with Crippen LogP contribution >= 0.6 is 11.3 Å². The van der Waals surface area contributed by atoms with Gasteiger partial charge in [-0.05, 0) is 5.56 Å². The van der Waals surface area contributed by atoms with E-state index < -0.39 is 0 Å². The summed E-state index contributed by atoms with van der Waals surface area (Å²) in [5.74, 6) is 0. The van der Waals surface area contributed by atoms with E-state index in [0.29, 0.717) is 19.7 Å². The standard InChI is InChI=1S/C14H13N2O2S/c17-14(18-9-11-4-2-1-3-5-11)16-7-6-12-13(8-16)19-10-15-12/h1-5H,6-9H2. The van der Waals surface area contributed by atoms with E-state index >= 15 is 0 Å². The molecule has 1 aromatic heterocycles. The predicted molar refractivity (Wildman–Crippen MR) is 71.7 cm³/mol. The molecule has 0 N–H and O–H groups in total. The molecule has 0 aliphatic carbocycles. The molecule has 1 amide bonds. The lowest BCUT2D eigenvalue weighted by atomic mass is 10.2. The lowest BCUT2D eigenvalue weighted by Crippen LogP contribution is -2.35. The molecule has 1 aliphatic heterocycles. The van der Waals surface area contributed by atoms with Crippen molar-refractivity contribution in [3.8, 4) is 0 Å². The maximum atomic E-state index is 12.0. The summed E-state index contributed by atoms with van der Waals surface area (Å²) in [7, 11) is 0. The Bertz CT molecular complexity index is 568. The highest BCUT2D eigenvalue weighted by Gasteiger charge is 2.23. The van der Waals surface area contributed by atoms with Gasteiger partial charge < -0.3 is 9.64 Å². The quantitative estimate of drug-likeness (QED) is 0.844. The number of carbonyl (C=O) groups excluding carboxylic acids is 1. The second-order valence-corrected chi connectivity index (χ2v) is 5.27. The molecule has 1 aromatic carbocycles. The summed E-state index contributed by atoms with van der Waals surface area (Å²) in [5, 5.41) is 0. The molecule has 0 bridgehead atoms. The molecule has 1 radical (unpaired) electrons. The van der Waals surface area contributed by atoms with Crippen LogP contribution in [0.4, 0.5) is 4.79 Å². The smallest absolute Gasteiger partial charge is 0.410 e. The molecule has 0 saturated heterocycles. The number of nitrogens with zero attached hydrogens (tertiary/aromatic N) is 2. The fourth-order valence-electron chi connectivity index (χ4n) is 2.03. The van der Waals surface area contributed by atoms with Crippen LogP contribution in [0.15, 0.2) is 30.3 Å². The summed E-state index contributed by atoms with van der Waals surface area (Å²) in [6.07, 6.45) is 0.526. The minimum atomic E-state index is -0.261. The van der Waals surface area contributed by atoms with Gasteiger partial charge in [-0.25, -0.2) is 9.78 Å². The Labute approximate surface area is 115 Å². The third kappa shape index (κ3) is 2.76. The van der Waals surface area contributed by atoms with E-state index in [4.69, 9.17) is 4.74 Å². The van der Waals surface area contributed by atoms with E-state index in [1.165, 1.54) is 11.3 Å². The molecule has 4 nitrogen and oxygen atoms in total. The Morgan fingerprint density at radius 3 is 3.11 bits per heavy atom. The van der Waals surface area contributed by atoms with Crippen LogP contribution in [-0.2, 0) is 24.3 Å². The van der Waals surface area contributed by atoms with Gasteiger partial charge in [-0.2, -0.15) is 0 Å². The van der Waals surface area contributed by atoms with Gasteiger partial charge in [-0.1, -0.05) is 30.3 Å². The zero-order chi connectivity index (χ0) is 13.1. The van der Waals surface area contributed by atoms with Gasteiger partial charge in [-0.15, -0.1) is 11.3 Å². The molecular formula is C14H13N2O2S. The van der Waals surface area contributed by atoms with Crippen molar-refractivity contribution in [3.63, 3.8) is 0 Å². The van der Waals surface area contributed by atoms with Gasteiger partial charge in [0, 0.05) is 17.8 Å². The van der Waals surface area contributed by atoms with E-state index in [0.717, 1.165) is 22.6 Å². The molecule has 0 fully saturated rings. The van der Waals surface area contributed by atoms with Crippen molar-refractivity contribution in [3.05, 3.63) is 52.0 Å². The summed E-state index contributed by atoms with van der Waals surface area (Å²) in [4.78, 5) is 19.0. The predicted octanol–water partition coefficient (Wildman–Crippen LogP) is 2.64. The number of aromatic nitrogens is 1. The molecule has 0 atom stereocenters. The Balaban J connectivity index is 1.57. The Morgan fingerprint density at radius 1 is 1.42 bits per heavy atom. The molecular weight excluding hydrogens is 260 g/mol. The summed E-state index contributed by atoms with van der Waals surface area (Å²) < 4.78 is 5.32. The van der Waals surface area contributed by atoms with E-state index in [-0.39, 0.29) is 6.09 Å². The summed E-state index contributed by atoms with van der Waals surface area (Å²) in [6.45, 7) is 1.57. The van der Waals surface area contributed by atoms with Crippen molar-refractivity contribution < 1.29 is 9.53 Å². The summed E-state index contributed by atoms with van der Waals surface area (Å²) >= 11 is 1.48. The Hall–Kier alpha value is -1.88. The lowest BCUT2D eigenvalue weighted by molar-refractivity contribution is 0.0921. The van der Waals surface area contributed by atoms with Crippen molar-refractivity contribution in [1.29, 1.82) is 0 Å². The molecule has 1 aliphatic rings. The molecule has 0 spiro atoms. The normalized spacial score (nSPS) is 14.0. The van der Waals surface area contributed by atoms with Crippen molar-refractivity contribution >= 4 is 17.4 Å². The molecule has 0 saturated carbocycles. The van der Waals surface area contributed by atoms with Crippen molar-refractivity contribution in [2.75, 3.05) is 6.54 Å². The maximum Gasteiger partial charge on any atom is 0.410 e. The topological polar surface area (TPSA) is 42.4 Å². The average molecular weight is 273 g/mol. The second-order valence-electron chi connectivity index (χ2n) is 4.39. The third-order valence-electron chi connectivity index (χ3n) is 3.09. The minimum absolute atomic E-state index is 0.261. The van der Waals surface area contributed by atoms with E-state index in [9.17, 15) is 4.79 Å². The fraction of sp³-hybridized carbons (Fsp3) is 0.286. The molecule has 5 heteroatoms. The van der Waals surface area contributed by atoms with Crippen molar-refractivity contribution in [2.45, 2.75) is 19.6 Å². The van der Waals surface area contributed by atoms with Crippen LogP contribution in [-0.4, -0.2) is 22.5 Å². The number of benzene rings is 1. The van der Waals surface area contributed by atoms with Crippen LogP contribution in [0, 0.1) is 5.51 Å². The number of rotatable bonds is 2. The van der Waals surface area contributed by atoms with Crippen molar-refractivity contribution in [2.24, 2.45) is 0 Å². The number of hydrogen-bond donors (Lipinski definition) is 0. The van der Waals surface area contributed by atoms with Gasteiger partial charge in [0.2, 0.25) is 0 Å². The lowest BCUT2D eigenvalue weighted by Gasteiger charge is -2.25. The van der Waals surface area contributed by atoms with E-state index in [1.54, 1.807) is 4.90 Å². The number of amides is 1. The first-order valence-electron chi connectivity index (χ1n) is 6.13. The van der Waals surface area contributed by atoms with Gasteiger partial charge in [0.1, 0.15) is 6.61 Å². The molecule has 97 valence electrons. The number of fused-ring (bicyclic) bond motifs is 1. The summed E-state index contributed by atoms with van der Waals surface area (Å²) in [5.41, 5.74) is 4.94. The van der Waals surface area contributed by atoms with Gasteiger partial charge in [-0.3, -0.25) is 0 Å². The van der Waals surface area contributed by atoms with Crippen LogP contribution in [0.1, 0.15) is 16.1 Å². The first kappa shape index (κ1) is 12.2. The molecule has 2 aromatic rings. The maximum absolute atomic E-state index is 12.0. The zero-order valence-electron chi connectivity index (χ0n) is 10.3. The third-order valence-corrected chi connectivity index (χ3v) is 3.88. The summed E-state index contributed by atoms with van der Waals surface area (Å²) in [6, 6.07) is 9.70. The highest BCUT2D eigenvalue weighted by Crippen LogP contribution is 2.21. The van der Waals surface area contributed by atoms with Gasteiger partial charge in [0.15, 0.2) is 5.51 Å². The number of thiazole rings is 1. The molecule has 2 heterocycles. The molecule has 19 heavy (non-hydrogen) atoms. The second kappa shape index (κ2) is 5.40. The van der Waals surface area contributed by atoms with Crippen LogP contribution < -0.4 is 0 Å². The van der Waals surface area contributed by atoms with E-state index in [2.05, 4.69) is 10.5 Å². The van der Waals surface area contributed by atoms with Crippen LogP contribution in [0.25, 0.3) is 0 Å². The minimum Gasteiger partial charge on any atom is -0.445 e. The van der Waals surface area contributed by atoms with Crippen molar-refractivity contribution in [1.82, 2.24) is 9.88 Å². The fourth-order valence-corrected chi connectivity index (χ4v) is 2.78. The largest absolute Gasteiger partial charge is 0.445 e. The van der Waals surface area contributed by atoms with Crippen LogP contribution in [0.2, 0.25) is 0 Å². The van der Waals surface area contributed by atoms with E-state index in [1.807, 2.05) is 30.3 Å². The first-order valence-corrected chi connectivity index (χ1v) is 6.95. The number of carbonyl (C=O) groups is 1. The molecule has 3 rings (SSSR count). The van der Waals surface area contributed by atoms with Crippen LogP contribution in [0.3, 0.4) is 0 Å². The highest BCUT2D eigenvalue weighted by molar-refractivity contribution is 7.09. The number of hydrogen-bond acceptors (Lipinski definition) is 4. The average Bonchev–Trinajstić information content (AvgIpc) is 2.93. The number of ether oxygens (including phenoxy) is 1. The zero-order valence-corrected chi connectivity index (χ0v) is 11.2. The highest BCUT2D eigenvalue weighted by atomic mass is 32.1. The van der Waals surface area contributed by atoms with Gasteiger partial charge in [0.25, 0.3) is 0 Å².